The maximum atomic E-state index is 12.6. The van der Waals surface area contributed by atoms with Crippen LogP contribution in [0.1, 0.15) is 15.2 Å². The van der Waals surface area contributed by atoms with Crippen LogP contribution in [0.4, 0.5) is 5.82 Å². The molecule has 1 amide bonds. The number of benzene rings is 1. The number of thiazole rings is 1. The molecule has 7 nitrogen and oxygen atoms in total. The van der Waals surface area contributed by atoms with Crippen molar-refractivity contribution in [3.05, 3.63) is 65.4 Å². The number of amides is 1. The molecule has 0 atom stereocenters. The average Bonchev–Trinajstić information content (AvgIpc) is 3.31. The molecule has 1 N–H and O–H groups in total. The number of carbonyl (C=O) groups is 1. The summed E-state index contributed by atoms with van der Waals surface area (Å²) in [4.78, 5) is 25.6. The van der Waals surface area contributed by atoms with E-state index in [-0.39, 0.29) is 5.91 Å². The van der Waals surface area contributed by atoms with Crippen molar-refractivity contribution in [1.82, 2.24) is 24.7 Å². The zero-order valence-electron chi connectivity index (χ0n) is 14.7. The highest BCUT2D eigenvalue weighted by atomic mass is 32.1. The normalized spacial score (nSPS) is 10.7. The molecule has 0 spiro atoms. The lowest BCUT2D eigenvalue weighted by molar-refractivity contribution is 0.102. The van der Waals surface area contributed by atoms with Gasteiger partial charge in [-0.25, -0.2) is 15.0 Å². The summed E-state index contributed by atoms with van der Waals surface area (Å²) in [5.41, 5.74) is 2.98. The van der Waals surface area contributed by atoms with Gasteiger partial charge in [-0.3, -0.25) is 9.48 Å². The number of hydrogen-bond acceptors (Lipinski definition) is 6. The first-order chi connectivity index (χ1) is 13.1. The molecule has 3 aromatic heterocycles. The lowest BCUT2D eigenvalue weighted by Crippen LogP contribution is -2.13. The van der Waals surface area contributed by atoms with Crippen LogP contribution in [-0.4, -0.2) is 30.6 Å². The van der Waals surface area contributed by atoms with E-state index >= 15 is 0 Å². The molecule has 4 aromatic rings. The minimum absolute atomic E-state index is 0.242. The fourth-order valence-corrected chi connectivity index (χ4v) is 3.41. The highest BCUT2D eigenvalue weighted by Gasteiger charge is 2.16. The maximum absolute atomic E-state index is 12.6. The molecule has 0 saturated heterocycles. The lowest BCUT2D eigenvalue weighted by Gasteiger charge is -2.02. The molecule has 1 aromatic carbocycles. The van der Waals surface area contributed by atoms with Crippen LogP contribution in [0.5, 0.6) is 0 Å². The molecule has 4 rings (SSSR count). The van der Waals surface area contributed by atoms with E-state index in [0.717, 1.165) is 16.8 Å². The number of rotatable bonds is 4. The highest BCUT2D eigenvalue weighted by Crippen LogP contribution is 2.26. The lowest BCUT2D eigenvalue weighted by atomic mass is 10.1. The van der Waals surface area contributed by atoms with Gasteiger partial charge in [-0.2, -0.15) is 5.10 Å². The van der Waals surface area contributed by atoms with E-state index in [9.17, 15) is 4.79 Å². The third kappa shape index (κ3) is 3.47. The molecule has 0 bridgehead atoms. The summed E-state index contributed by atoms with van der Waals surface area (Å²) in [7, 11) is 1.80. The predicted octanol–water partition coefficient (Wildman–Crippen LogP) is 3.56. The average molecular weight is 376 g/mol. The summed E-state index contributed by atoms with van der Waals surface area (Å²) < 4.78 is 1.65. The smallest absolute Gasteiger partial charge is 0.268 e. The third-order valence-electron chi connectivity index (χ3n) is 4.03. The van der Waals surface area contributed by atoms with E-state index in [0.29, 0.717) is 21.5 Å². The topological polar surface area (TPSA) is 85.6 Å². The van der Waals surface area contributed by atoms with Crippen molar-refractivity contribution >= 4 is 23.1 Å². The number of hydrogen-bond donors (Lipinski definition) is 1. The van der Waals surface area contributed by atoms with Crippen LogP contribution >= 0.6 is 11.3 Å². The van der Waals surface area contributed by atoms with Crippen molar-refractivity contribution in [3.8, 4) is 22.1 Å². The van der Waals surface area contributed by atoms with Crippen molar-refractivity contribution in [3.63, 3.8) is 0 Å². The molecular weight excluding hydrogens is 360 g/mol. The Balaban J connectivity index is 1.56. The van der Waals surface area contributed by atoms with Crippen molar-refractivity contribution in [2.75, 3.05) is 5.32 Å². The first-order valence-corrected chi connectivity index (χ1v) is 9.08. The molecule has 3 heterocycles. The zero-order valence-corrected chi connectivity index (χ0v) is 15.6. The third-order valence-corrected chi connectivity index (χ3v) is 5.02. The van der Waals surface area contributed by atoms with Gasteiger partial charge in [0.25, 0.3) is 5.91 Å². The second-order valence-corrected chi connectivity index (χ2v) is 6.94. The first kappa shape index (κ1) is 17.0. The van der Waals surface area contributed by atoms with Crippen LogP contribution in [0.2, 0.25) is 0 Å². The molecular formula is C19H16N6OS. The van der Waals surface area contributed by atoms with E-state index < -0.39 is 0 Å². The summed E-state index contributed by atoms with van der Waals surface area (Å²) in [5, 5.41) is 8.01. The molecule has 0 aliphatic carbocycles. The Morgan fingerprint density at radius 2 is 1.89 bits per heavy atom. The fraction of sp³-hybridized carbons (Fsp3) is 0.105. The summed E-state index contributed by atoms with van der Waals surface area (Å²) in [5.74, 6) is 0.877. The largest absolute Gasteiger partial charge is 0.306 e. The number of aromatic nitrogens is 5. The maximum Gasteiger partial charge on any atom is 0.268 e. The number of nitrogens with zero attached hydrogens (tertiary/aromatic N) is 5. The second-order valence-electron chi connectivity index (χ2n) is 5.91. The Hall–Kier alpha value is -3.39. The molecule has 0 fully saturated rings. The van der Waals surface area contributed by atoms with Crippen LogP contribution in [0.15, 0.2) is 55.0 Å². The van der Waals surface area contributed by atoms with Gasteiger partial charge in [0.05, 0.1) is 11.9 Å². The predicted molar refractivity (Wildman–Crippen MR) is 104 cm³/mol. The first-order valence-electron chi connectivity index (χ1n) is 8.26. The minimum atomic E-state index is -0.242. The quantitative estimate of drug-likeness (QED) is 0.589. The molecule has 27 heavy (non-hydrogen) atoms. The SMILES string of the molecule is Cc1ccccc1-c1cc(NC(=O)c2cnc(-c3ncccn3)s2)n(C)n1. The number of nitrogens with one attached hydrogen (secondary N) is 1. The van der Waals surface area contributed by atoms with Crippen molar-refractivity contribution in [2.45, 2.75) is 6.92 Å². The second kappa shape index (κ2) is 7.08. The number of aryl methyl sites for hydroxylation is 2. The van der Waals surface area contributed by atoms with Gasteiger partial charge in [0.2, 0.25) is 0 Å². The molecule has 0 saturated carbocycles. The van der Waals surface area contributed by atoms with Gasteiger partial charge in [-0.15, -0.1) is 11.3 Å². The number of carbonyl (C=O) groups excluding carboxylic acids is 1. The standard InChI is InChI=1S/C19H16N6OS/c1-12-6-3-4-7-13(12)14-10-16(25(2)24-14)23-18(26)15-11-22-19(27-15)17-20-8-5-9-21-17/h3-11H,1-2H3,(H,23,26). The van der Waals surface area contributed by atoms with Gasteiger partial charge in [0, 0.05) is 31.1 Å². The summed E-state index contributed by atoms with van der Waals surface area (Å²) in [6.07, 6.45) is 4.82. The van der Waals surface area contributed by atoms with Crippen molar-refractivity contribution in [1.29, 1.82) is 0 Å². The molecule has 0 unspecified atom stereocenters. The monoisotopic (exact) mass is 376 g/mol. The molecule has 0 radical (unpaired) electrons. The Labute approximate surface area is 159 Å². The summed E-state index contributed by atoms with van der Waals surface area (Å²) in [6, 6.07) is 11.6. The molecule has 8 heteroatoms. The van der Waals surface area contributed by atoms with Gasteiger partial charge in [-0.1, -0.05) is 24.3 Å². The van der Waals surface area contributed by atoms with Gasteiger partial charge in [-0.05, 0) is 18.6 Å². The van der Waals surface area contributed by atoms with Crippen LogP contribution < -0.4 is 5.32 Å². The number of anilines is 1. The van der Waals surface area contributed by atoms with E-state index in [2.05, 4.69) is 25.4 Å². The molecule has 0 aliphatic rings. The molecule has 0 aliphatic heterocycles. The van der Waals surface area contributed by atoms with E-state index in [1.807, 2.05) is 37.3 Å². The Kier molecular flexibility index (Phi) is 4.47. The summed E-state index contributed by atoms with van der Waals surface area (Å²) in [6.45, 7) is 2.03. The van der Waals surface area contributed by atoms with E-state index in [1.54, 1.807) is 30.2 Å². The van der Waals surface area contributed by atoms with Crippen molar-refractivity contribution in [2.24, 2.45) is 7.05 Å². The van der Waals surface area contributed by atoms with Crippen LogP contribution in [0.3, 0.4) is 0 Å². The Morgan fingerprint density at radius 1 is 1.11 bits per heavy atom. The van der Waals surface area contributed by atoms with E-state index in [4.69, 9.17) is 0 Å². The van der Waals surface area contributed by atoms with Gasteiger partial charge < -0.3 is 5.32 Å². The Morgan fingerprint density at radius 3 is 2.67 bits per heavy atom. The molecule has 134 valence electrons. The highest BCUT2D eigenvalue weighted by molar-refractivity contribution is 7.16. The van der Waals surface area contributed by atoms with Gasteiger partial charge >= 0.3 is 0 Å². The van der Waals surface area contributed by atoms with E-state index in [1.165, 1.54) is 17.5 Å². The summed E-state index contributed by atoms with van der Waals surface area (Å²) >= 11 is 1.25. The van der Waals surface area contributed by atoms with Crippen molar-refractivity contribution < 1.29 is 4.79 Å². The Bertz CT molecular complexity index is 1100. The van der Waals surface area contributed by atoms with Crippen LogP contribution in [-0.2, 0) is 7.05 Å². The minimum Gasteiger partial charge on any atom is -0.306 e. The van der Waals surface area contributed by atoms with Gasteiger partial charge in [0.1, 0.15) is 10.7 Å². The van der Waals surface area contributed by atoms with Gasteiger partial charge in [0.15, 0.2) is 10.8 Å². The van der Waals surface area contributed by atoms with Crippen LogP contribution in [0, 0.1) is 6.92 Å². The van der Waals surface area contributed by atoms with Crippen LogP contribution in [0.25, 0.3) is 22.1 Å². The zero-order chi connectivity index (χ0) is 18.8. The fourth-order valence-electron chi connectivity index (χ4n) is 2.65.